The van der Waals surface area contributed by atoms with Gasteiger partial charge in [0.25, 0.3) is 0 Å². The monoisotopic (exact) mass is 373 g/mol. The van der Waals surface area contributed by atoms with E-state index in [0.29, 0.717) is 19.8 Å². The van der Waals surface area contributed by atoms with Crippen LogP contribution in [0.5, 0.6) is 0 Å². The SMILES string of the molecule is O=C(NCC(c1cccc(F)c1)N1CCOCC1)NOCc1ccccc1. The van der Waals surface area contributed by atoms with Crippen LogP contribution in [0.25, 0.3) is 0 Å². The molecule has 2 N–H and O–H groups in total. The first kappa shape index (κ1) is 19.3. The van der Waals surface area contributed by atoms with Gasteiger partial charge in [-0.1, -0.05) is 42.5 Å². The molecule has 1 unspecified atom stereocenters. The van der Waals surface area contributed by atoms with Crippen LogP contribution in [0.15, 0.2) is 54.6 Å². The first-order valence-electron chi connectivity index (χ1n) is 8.99. The molecule has 1 heterocycles. The van der Waals surface area contributed by atoms with Gasteiger partial charge in [-0.2, -0.15) is 0 Å². The molecule has 0 aromatic heterocycles. The number of halogens is 1. The molecule has 2 aromatic rings. The zero-order chi connectivity index (χ0) is 18.9. The number of hydrogen-bond donors (Lipinski definition) is 2. The summed E-state index contributed by atoms with van der Waals surface area (Å²) in [7, 11) is 0. The van der Waals surface area contributed by atoms with Gasteiger partial charge in [0.05, 0.1) is 25.9 Å². The number of benzene rings is 2. The van der Waals surface area contributed by atoms with Crippen LogP contribution in [0.3, 0.4) is 0 Å². The van der Waals surface area contributed by atoms with Gasteiger partial charge in [0.1, 0.15) is 5.82 Å². The molecule has 0 radical (unpaired) electrons. The molecule has 27 heavy (non-hydrogen) atoms. The van der Waals surface area contributed by atoms with Crippen LogP contribution >= 0.6 is 0 Å². The molecule has 0 spiro atoms. The summed E-state index contributed by atoms with van der Waals surface area (Å²) in [6.45, 7) is 3.33. The number of hydroxylamine groups is 1. The van der Waals surface area contributed by atoms with Gasteiger partial charge in [-0.25, -0.2) is 14.7 Å². The summed E-state index contributed by atoms with van der Waals surface area (Å²) >= 11 is 0. The number of rotatable bonds is 7. The molecule has 2 amide bonds. The molecule has 3 rings (SSSR count). The predicted molar refractivity (Wildman–Crippen MR) is 99.3 cm³/mol. The summed E-state index contributed by atoms with van der Waals surface area (Å²) in [6.07, 6.45) is 0. The fraction of sp³-hybridized carbons (Fsp3) is 0.350. The number of ether oxygens (including phenoxy) is 1. The lowest BCUT2D eigenvalue weighted by Gasteiger charge is -2.34. The van der Waals surface area contributed by atoms with E-state index in [4.69, 9.17) is 9.57 Å². The molecule has 1 aliphatic heterocycles. The van der Waals surface area contributed by atoms with E-state index in [1.165, 1.54) is 12.1 Å². The van der Waals surface area contributed by atoms with Crippen molar-refractivity contribution in [1.29, 1.82) is 0 Å². The highest BCUT2D eigenvalue weighted by Gasteiger charge is 2.23. The fourth-order valence-electron chi connectivity index (χ4n) is 3.05. The van der Waals surface area contributed by atoms with Crippen LogP contribution in [0.2, 0.25) is 0 Å². The number of nitrogens with zero attached hydrogens (tertiary/aromatic N) is 1. The lowest BCUT2D eigenvalue weighted by Crippen LogP contribution is -2.45. The van der Waals surface area contributed by atoms with Crippen molar-refractivity contribution in [2.24, 2.45) is 0 Å². The third-order valence-electron chi connectivity index (χ3n) is 4.42. The third-order valence-corrected chi connectivity index (χ3v) is 4.42. The van der Waals surface area contributed by atoms with Crippen LogP contribution in [0.1, 0.15) is 17.2 Å². The zero-order valence-corrected chi connectivity index (χ0v) is 15.1. The summed E-state index contributed by atoms with van der Waals surface area (Å²) in [5.41, 5.74) is 4.17. The van der Waals surface area contributed by atoms with Crippen molar-refractivity contribution in [3.63, 3.8) is 0 Å². The van der Waals surface area contributed by atoms with Crippen molar-refractivity contribution >= 4 is 6.03 Å². The number of nitrogens with one attached hydrogen (secondary N) is 2. The fourth-order valence-corrected chi connectivity index (χ4v) is 3.05. The maximum absolute atomic E-state index is 13.7. The molecule has 7 heteroatoms. The van der Waals surface area contributed by atoms with E-state index in [9.17, 15) is 9.18 Å². The maximum atomic E-state index is 13.7. The van der Waals surface area contributed by atoms with E-state index in [1.54, 1.807) is 6.07 Å². The van der Waals surface area contributed by atoms with Crippen molar-refractivity contribution < 1.29 is 18.8 Å². The minimum Gasteiger partial charge on any atom is -0.379 e. The van der Waals surface area contributed by atoms with Gasteiger partial charge in [-0.3, -0.25) is 9.74 Å². The van der Waals surface area contributed by atoms with Crippen LogP contribution in [-0.2, 0) is 16.2 Å². The number of carbonyl (C=O) groups excluding carboxylic acids is 1. The summed E-state index contributed by atoms with van der Waals surface area (Å²) in [6, 6.07) is 15.5. The second-order valence-corrected chi connectivity index (χ2v) is 6.31. The first-order chi connectivity index (χ1) is 13.2. The molecule has 1 saturated heterocycles. The molecule has 1 fully saturated rings. The zero-order valence-electron chi connectivity index (χ0n) is 15.1. The van der Waals surface area contributed by atoms with Gasteiger partial charge >= 0.3 is 6.03 Å². The van der Waals surface area contributed by atoms with E-state index < -0.39 is 6.03 Å². The van der Waals surface area contributed by atoms with Crippen molar-refractivity contribution in [2.75, 3.05) is 32.8 Å². The van der Waals surface area contributed by atoms with E-state index in [0.717, 1.165) is 24.2 Å². The van der Waals surface area contributed by atoms with Gasteiger partial charge in [-0.05, 0) is 23.3 Å². The molecule has 0 saturated carbocycles. The molecule has 1 atom stereocenters. The normalized spacial score (nSPS) is 15.9. The van der Waals surface area contributed by atoms with Gasteiger partial charge in [0.2, 0.25) is 0 Å². The molecule has 0 aliphatic carbocycles. The molecule has 6 nitrogen and oxygen atoms in total. The molecule has 144 valence electrons. The predicted octanol–water partition coefficient (Wildman–Crippen LogP) is 2.63. The number of carbonyl (C=O) groups is 1. The quantitative estimate of drug-likeness (QED) is 0.733. The van der Waals surface area contributed by atoms with Crippen molar-refractivity contribution in [1.82, 2.24) is 15.7 Å². The summed E-state index contributed by atoms with van der Waals surface area (Å²) in [5, 5.41) is 2.80. The Balaban J connectivity index is 1.53. The number of urea groups is 1. The standard InChI is InChI=1S/C20H24FN3O3/c21-18-8-4-7-17(13-18)19(24-9-11-26-12-10-24)14-22-20(25)23-27-15-16-5-2-1-3-6-16/h1-8,13,19H,9-12,14-15H2,(H2,22,23,25). The highest BCUT2D eigenvalue weighted by Crippen LogP contribution is 2.22. The van der Waals surface area contributed by atoms with Crippen molar-refractivity contribution in [3.8, 4) is 0 Å². The number of hydrogen-bond acceptors (Lipinski definition) is 4. The van der Waals surface area contributed by atoms with E-state index in [2.05, 4.69) is 15.7 Å². The summed E-state index contributed by atoms with van der Waals surface area (Å²) in [5.74, 6) is -0.290. The lowest BCUT2D eigenvalue weighted by atomic mass is 10.0. The topological polar surface area (TPSA) is 62.8 Å². The number of amides is 2. The Morgan fingerprint density at radius 1 is 1.15 bits per heavy atom. The van der Waals surface area contributed by atoms with Crippen LogP contribution in [-0.4, -0.2) is 43.8 Å². The van der Waals surface area contributed by atoms with Gasteiger partial charge in [-0.15, -0.1) is 0 Å². The smallest absolute Gasteiger partial charge is 0.338 e. The Kier molecular flexibility index (Phi) is 7.15. The Labute approximate surface area is 158 Å². The number of morpholine rings is 1. The molecule has 0 bridgehead atoms. The van der Waals surface area contributed by atoms with E-state index in [-0.39, 0.29) is 18.5 Å². The average Bonchev–Trinajstić information content (AvgIpc) is 2.70. The Bertz CT molecular complexity index is 723. The van der Waals surface area contributed by atoms with Gasteiger partial charge in [0, 0.05) is 19.6 Å². The van der Waals surface area contributed by atoms with Gasteiger partial charge < -0.3 is 10.1 Å². The Hall–Kier alpha value is -2.48. The molecular formula is C20H24FN3O3. The Morgan fingerprint density at radius 3 is 2.67 bits per heavy atom. The highest BCUT2D eigenvalue weighted by atomic mass is 19.1. The van der Waals surface area contributed by atoms with Crippen LogP contribution < -0.4 is 10.8 Å². The van der Waals surface area contributed by atoms with E-state index in [1.807, 2.05) is 36.4 Å². The summed E-state index contributed by atoms with van der Waals surface area (Å²) < 4.78 is 19.1. The second kappa shape index (κ2) is 10.0. The third kappa shape index (κ3) is 6.02. The Morgan fingerprint density at radius 2 is 1.93 bits per heavy atom. The van der Waals surface area contributed by atoms with Crippen LogP contribution in [0, 0.1) is 5.82 Å². The van der Waals surface area contributed by atoms with E-state index >= 15 is 0 Å². The van der Waals surface area contributed by atoms with Crippen LogP contribution in [0.4, 0.5) is 9.18 Å². The van der Waals surface area contributed by atoms with Gasteiger partial charge in [0.15, 0.2) is 0 Å². The summed E-state index contributed by atoms with van der Waals surface area (Å²) in [4.78, 5) is 19.5. The second-order valence-electron chi connectivity index (χ2n) is 6.31. The lowest BCUT2D eigenvalue weighted by molar-refractivity contribution is 0.0154. The first-order valence-corrected chi connectivity index (χ1v) is 8.99. The molecule has 1 aliphatic rings. The average molecular weight is 373 g/mol. The maximum Gasteiger partial charge on any atom is 0.338 e. The largest absolute Gasteiger partial charge is 0.379 e. The van der Waals surface area contributed by atoms with Crippen molar-refractivity contribution in [2.45, 2.75) is 12.6 Å². The molecular weight excluding hydrogens is 349 g/mol. The van der Waals surface area contributed by atoms with Crippen molar-refractivity contribution in [3.05, 3.63) is 71.5 Å². The minimum absolute atomic E-state index is 0.135. The molecule has 2 aromatic carbocycles. The highest BCUT2D eigenvalue weighted by molar-refractivity contribution is 5.72. The minimum atomic E-state index is -0.430.